The summed E-state index contributed by atoms with van der Waals surface area (Å²) in [5.41, 5.74) is 1.33. The predicted octanol–water partition coefficient (Wildman–Crippen LogP) is 2.11. The average Bonchev–Trinajstić information content (AvgIpc) is 1.95. The molecule has 1 atom stereocenters. The molecule has 1 aliphatic carbocycles. The molecule has 0 fully saturated rings. The van der Waals surface area contributed by atoms with E-state index >= 15 is 0 Å². The lowest BCUT2D eigenvalue weighted by Crippen LogP contribution is -2.40. The first kappa shape index (κ1) is 11.4. The molecule has 14 heavy (non-hydrogen) atoms. The number of allylic oxidation sites excluding steroid dienone is 2. The van der Waals surface area contributed by atoms with E-state index in [-0.39, 0.29) is 11.3 Å². The molecule has 0 bridgehead atoms. The molecule has 1 unspecified atom stereocenters. The van der Waals surface area contributed by atoms with Crippen molar-refractivity contribution < 1.29 is 4.79 Å². The first-order valence-electron chi connectivity index (χ1n) is 5.18. The Hall–Kier alpha value is -0.630. The lowest BCUT2D eigenvalue weighted by atomic mass is 9.68. The molecule has 1 rings (SSSR count). The monoisotopic (exact) mass is 195 g/mol. The van der Waals surface area contributed by atoms with E-state index in [1.54, 1.807) is 0 Å². The first-order chi connectivity index (χ1) is 6.33. The van der Waals surface area contributed by atoms with Gasteiger partial charge in [0.2, 0.25) is 0 Å². The Morgan fingerprint density at radius 2 is 2.07 bits per heavy atom. The van der Waals surface area contributed by atoms with Crippen LogP contribution in [0.15, 0.2) is 11.6 Å². The third kappa shape index (κ3) is 2.44. The molecular formula is C12H21NO. The van der Waals surface area contributed by atoms with Crippen LogP contribution in [0.3, 0.4) is 0 Å². The molecule has 0 aromatic carbocycles. The summed E-state index contributed by atoms with van der Waals surface area (Å²) in [7, 11) is 4.04. The summed E-state index contributed by atoms with van der Waals surface area (Å²) in [6, 6.07) is 0. The Bertz CT molecular complexity index is 263. The van der Waals surface area contributed by atoms with E-state index in [1.165, 1.54) is 5.57 Å². The van der Waals surface area contributed by atoms with Gasteiger partial charge in [0.25, 0.3) is 0 Å². The maximum atomic E-state index is 11.9. The fourth-order valence-electron chi connectivity index (χ4n) is 2.32. The van der Waals surface area contributed by atoms with Crippen LogP contribution in [0.2, 0.25) is 0 Å². The number of hydrogen-bond donors (Lipinski definition) is 0. The summed E-state index contributed by atoms with van der Waals surface area (Å²) in [4.78, 5) is 13.9. The Kier molecular flexibility index (Phi) is 3.15. The molecule has 0 heterocycles. The molecule has 2 nitrogen and oxygen atoms in total. The zero-order valence-corrected chi connectivity index (χ0v) is 9.92. The van der Waals surface area contributed by atoms with E-state index in [0.29, 0.717) is 5.78 Å². The van der Waals surface area contributed by atoms with Crippen LogP contribution in [0, 0.1) is 11.3 Å². The maximum Gasteiger partial charge on any atom is 0.160 e. The standard InChI is InChI=1S/C12H21NO/c1-9-6-11(14)10(8-13(4)5)12(2,3)7-9/h6,10H,7-8H2,1-5H3. The summed E-state index contributed by atoms with van der Waals surface area (Å²) in [5, 5.41) is 0. The van der Waals surface area contributed by atoms with Gasteiger partial charge in [0, 0.05) is 12.5 Å². The van der Waals surface area contributed by atoms with Crippen molar-refractivity contribution in [1.82, 2.24) is 4.90 Å². The molecule has 0 radical (unpaired) electrons. The van der Waals surface area contributed by atoms with Crippen LogP contribution in [-0.4, -0.2) is 31.3 Å². The van der Waals surface area contributed by atoms with Gasteiger partial charge in [-0.3, -0.25) is 4.79 Å². The van der Waals surface area contributed by atoms with Crippen molar-refractivity contribution in [2.75, 3.05) is 20.6 Å². The quantitative estimate of drug-likeness (QED) is 0.672. The van der Waals surface area contributed by atoms with Crippen LogP contribution in [-0.2, 0) is 4.79 Å². The van der Waals surface area contributed by atoms with Crippen molar-refractivity contribution in [1.29, 1.82) is 0 Å². The molecule has 0 saturated heterocycles. The highest BCUT2D eigenvalue weighted by Gasteiger charge is 2.37. The largest absolute Gasteiger partial charge is 0.309 e. The van der Waals surface area contributed by atoms with Crippen LogP contribution in [0.5, 0.6) is 0 Å². The van der Waals surface area contributed by atoms with Gasteiger partial charge in [-0.05, 0) is 38.9 Å². The van der Waals surface area contributed by atoms with E-state index in [4.69, 9.17) is 0 Å². The van der Waals surface area contributed by atoms with Crippen LogP contribution in [0.25, 0.3) is 0 Å². The molecule has 0 aliphatic heterocycles. The second-order valence-electron chi connectivity index (χ2n) is 5.37. The van der Waals surface area contributed by atoms with Gasteiger partial charge < -0.3 is 4.90 Å². The number of carbonyl (C=O) groups excluding carboxylic acids is 1. The average molecular weight is 195 g/mol. The number of ketones is 1. The zero-order valence-electron chi connectivity index (χ0n) is 9.92. The van der Waals surface area contributed by atoms with Crippen molar-refractivity contribution in [3.8, 4) is 0 Å². The van der Waals surface area contributed by atoms with Crippen molar-refractivity contribution >= 4 is 5.78 Å². The molecular weight excluding hydrogens is 174 g/mol. The SMILES string of the molecule is CC1=CC(=O)C(CN(C)C)C(C)(C)C1. The Morgan fingerprint density at radius 3 is 2.50 bits per heavy atom. The third-order valence-electron chi connectivity index (χ3n) is 2.96. The number of nitrogens with zero attached hydrogens (tertiary/aromatic N) is 1. The summed E-state index contributed by atoms with van der Waals surface area (Å²) in [6.07, 6.45) is 2.86. The minimum absolute atomic E-state index is 0.111. The second kappa shape index (κ2) is 3.85. The molecule has 1 aliphatic rings. The van der Waals surface area contributed by atoms with Crippen molar-refractivity contribution in [2.45, 2.75) is 27.2 Å². The highest BCUT2D eigenvalue weighted by atomic mass is 16.1. The minimum atomic E-state index is 0.111. The third-order valence-corrected chi connectivity index (χ3v) is 2.96. The molecule has 0 N–H and O–H groups in total. The summed E-state index contributed by atoms with van der Waals surface area (Å²) in [6.45, 7) is 7.28. The van der Waals surface area contributed by atoms with Crippen LogP contribution in [0.4, 0.5) is 0 Å². The Morgan fingerprint density at radius 1 is 1.50 bits per heavy atom. The van der Waals surface area contributed by atoms with Gasteiger partial charge in [-0.25, -0.2) is 0 Å². The molecule has 80 valence electrons. The Balaban J connectivity index is 2.87. The number of carbonyl (C=O) groups is 1. The smallest absolute Gasteiger partial charge is 0.160 e. The maximum absolute atomic E-state index is 11.9. The van der Waals surface area contributed by atoms with Gasteiger partial charge in [-0.15, -0.1) is 0 Å². The van der Waals surface area contributed by atoms with Gasteiger partial charge >= 0.3 is 0 Å². The van der Waals surface area contributed by atoms with Crippen LogP contribution < -0.4 is 0 Å². The number of rotatable bonds is 2. The van der Waals surface area contributed by atoms with Gasteiger partial charge in [0.05, 0.1) is 0 Å². The lowest BCUT2D eigenvalue weighted by molar-refractivity contribution is -0.123. The molecule has 0 aromatic rings. The first-order valence-corrected chi connectivity index (χ1v) is 5.18. The second-order valence-corrected chi connectivity index (χ2v) is 5.37. The summed E-state index contributed by atoms with van der Waals surface area (Å²) >= 11 is 0. The lowest BCUT2D eigenvalue weighted by Gasteiger charge is -2.37. The van der Waals surface area contributed by atoms with Gasteiger partial charge in [0.1, 0.15) is 0 Å². The highest BCUT2D eigenvalue weighted by Crippen LogP contribution is 2.38. The number of hydrogen-bond acceptors (Lipinski definition) is 2. The summed E-state index contributed by atoms with van der Waals surface area (Å²) < 4.78 is 0. The van der Waals surface area contributed by atoms with E-state index in [9.17, 15) is 4.79 Å². The topological polar surface area (TPSA) is 20.3 Å². The fourth-order valence-corrected chi connectivity index (χ4v) is 2.32. The normalized spacial score (nSPS) is 26.6. The van der Waals surface area contributed by atoms with E-state index in [2.05, 4.69) is 18.7 Å². The molecule has 2 heteroatoms. The van der Waals surface area contributed by atoms with Crippen LogP contribution in [0.1, 0.15) is 27.2 Å². The van der Waals surface area contributed by atoms with E-state index in [0.717, 1.165) is 13.0 Å². The van der Waals surface area contributed by atoms with Crippen LogP contribution >= 0.6 is 0 Å². The van der Waals surface area contributed by atoms with E-state index in [1.807, 2.05) is 27.1 Å². The minimum Gasteiger partial charge on any atom is -0.309 e. The zero-order chi connectivity index (χ0) is 10.9. The Labute approximate surface area is 87.0 Å². The highest BCUT2D eigenvalue weighted by molar-refractivity contribution is 5.94. The van der Waals surface area contributed by atoms with E-state index < -0.39 is 0 Å². The molecule has 0 spiro atoms. The van der Waals surface area contributed by atoms with Gasteiger partial charge in [-0.1, -0.05) is 19.4 Å². The van der Waals surface area contributed by atoms with Crippen molar-refractivity contribution in [3.05, 3.63) is 11.6 Å². The predicted molar refractivity (Wildman–Crippen MR) is 59.2 cm³/mol. The van der Waals surface area contributed by atoms with Crippen molar-refractivity contribution in [2.24, 2.45) is 11.3 Å². The molecule has 0 aromatic heterocycles. The summed E-state index contributed by atoms with van der Waals surface area (Å²) in [5.74, 6) is 0.452. The molecule has 0 saturated carbocycles. The van der Waals surface area contributed by atoms with Crippen molar-refractivity contribution in [3.63, 3.8) is 0 Å². The van der Waals surface area contributed by atoms with Gasteiger partial charge in [-0.2, -0.15) is 0 Å². The molecule has 0 amide bonds. The van der Waals surface area contributed by atoms with Gasteiger partial charge in [0.15, 0.2) is 5.78 Å². The fraction of sp³-hybridized carbons (Fsp3) is 0.750.